The molecule has 1 fully saturated rings. The molecule has 0 aromatic heterocycles. The average Bonchev–Trinajstić information content (AvgIpc) is 2.46. The summed E-state index contributed by atoms with van der Waals surface area (Å²) >= 11 is 0. The maximum absolute atomic E-state index is 11.8. The van der Waals surface area contributed by atoms with Crippen LogP contribution in [0, 0.1) is 0 Å². The first-order valence-corrected chi connectivity index (χ1v) is 7.41. The fourth-order valence-electron chi connectivity index (χ4n) is 3.57. The average molecular weight is 299 g/mol. The van der Waals surface area contributed by atoms with E-state index in [0.29, 0.717) is 31.5 Å². The number of hydrogen-bond acceptors (Lipinski definition) is 4. The number of benzene rings is 1. The van der Waals surface area contributed by atoms with Crippen molar-refractivity contribution in [1.82, 2.24) is 5.32 Å². The smallest absolute Gasteiger partial charge is 0.246 e. The zero-order valence-electron chi connectivity index (χ0n) is 12.1. The molecule has 0 aliphatic carbocycles. The lowest BCUT2D eigenvalue weighted by molar-refractivity contribution is -0.128. The molecule has 1 aromatic carbocycles. The minimum atomic E-state index is -0.537. The standard InChI is InChI=1S/C16H17N3O3/c17-15(21)11-6-10-2-1-3-12-14(10)19(8-11)9-16(22-12)4-5-18-13(20)7-16/h1-3,8H,4-7,9H2,(H2,17,21)(H,18,20). The fraction of sp³-hybridized carbons (Fsp3) is 0.375. The molecule has 114 valence electrons. The number of hydrogen-bond donors (Lipinski definition) is 2. The SMILES string of the molecule is NC(=O)C1=CN2CC3(CCNC(=O)C3)Oc3cccc(c32)C1. The number of ether oxygens (including phenoxy) is 1. The van der Waals surface area contributed by atoms with Crippen LogP contribution < -0.4 is 20.7 Å². The van der Waals surface area contributed by atoms with Crippen LogP contribution in [-0.2, 0) is 16.0 Å². The van der Waals surface area contributed by atoms with Gasteiger partial charge in [-0.2, -0.15) is 0 Å². The Morgan fingerprint density at radius 1 is 1.41 bits per heavy atom. The lowest BCUT2D eigenvalue weighted by Crippen LogP contribution is -2.57. The monoisotopic (exact) mass is 299 g/mol. The second-order valence-electron chi connectivity index (χ2n) is 6.15. The molecule has 4 rings (SSSR count). The molecule has 0 bridgehead atoms. The van der Waals surface area contributed by atoms with Crippen molar-refractivity contribution in [3.63, 3.8) is 0 Å². The highest BCUT2D eigenvalue weighted by Gasteiger charge is 2.44. The number of anilines is 1. The second kappa shape index (κ2) is 4.50. The van der Waals surface area contributed by atoms with Crippen LogP contribution in [-0.4, -0.2) is 30.5 Å². The van der Waals surface area contributed by atoms with Crippen LogP contribution in [0.25, 0.3) is 0 Å². The van der Waals surface area contributed by atoms with Crippen molar-refractivity contribution >= 4 is 17.5 Å². The van der Waals surface area contributed by atoms with Crippen molar-refractivity contribution in [2.75, 3.05) is 18.0 Å². The van der Waals surface area contributed by atoms with Crippen LogP contribution in [0.1, 0.15) is 18.4 Å². The van der Waals surface area contributed by atoms with Gasteiger partial charge in [-0.3, -0.25) is 9.59 Å². The Kier molecular flexibility index (Phi) is 2.69. The number of nitrogens with one attached hydrogen (secondary N) is 1. The molecule has 1 saturated heterocycles. The largest absolute Gasteiger partial charge is 0.483 e. The zero-order chi connectivity index (χ0) is 15.3. The zero-order valence-corrected chi connectivity index (χ0v) is 12.1. The number of para-hydroxylation sites is 1. The van der Waals surface area contributed by atoms with Crippen molar-refractivity contribution in [3.8, 4) is 5.75 Å². The number of nitrogens with two attached hydrogens (primary N) is 1. The van der Waals surface area contributed by atoms with Gasteiger partial charge >= 0.3 is 0 Å². The van der Waals surface area contributed by atoms with E-state index in [4.69, 9.17) is 10.5 Å². The van der Waals surface area contributed by atoms with E-state index in [1.165, 1.54) is 0 Å². The first kappa shape index (κ1) is 13.2. The number of amides is 2. The van der Waals surface area contributed by atoms with Gasteiger partial charge in [-0.05, 0) is 11.6 Å². The molecule has 1 spiro atoms. The highest BCUT2D eigenvalue weighted by atomic mass is 16.5. The predicted molar refractivity (Wildman–Crippen MR) is 80.4 cm³/mol. The van der Waals surface area contributed by atoms with Crippen LogP contribution >= 0.6 is 0 Å². The lowest BCUT2D eigenvalue weighted by Gasteiger charge is -2.46. The quantitative estimate of drug-likeness (QED) is 0.789. The summed E-state index contributed by atoms with van der Waals surface area (Å²) in [4.78, 5) is 25.4. The van der Waals surface area contributed by atoms with Gasteiger partial charge in [-0.1, -0.05) is 12.1 Å². The summed E-state index contributed by atoms with van der Waals surface area (Å²) in [5.74, 6) is 0.373. The summed E-state index contributed by atoms with van der Waals surface area (Å²) in [5, 5.41) is 2.84. The van der Waals surface area contributed by atoms with Crippen molar-refractivity contribution in [3.05, 3.63) is 35.5 Å². The van der Waals surface area contributed by atoms with Gasteiger partial charge in [0.2, 0.25) is 11.8 Å². The summed E-state index contributed by atoms with van der Waals surface area (Å²) in [6.45, 7) is 1.16. The highest BCUT2D eigenvalue weighted by Crippen LogP contribution is 2.45. The molecule has 3 N–H and O–H groups in total. The molecule has 2 amide bonds. The molecule has 3 aliphatic heterocycles. The van der Waals surface area contributed by atoms with Crippen molar-refractivity contribution in [2.24, 2.45) is 5.73 Å². The van der Waals surface area contributed by atoms with Crippen LogP contribution in [0.2, 0.25) is 0 Å². The Labute approximate surface area is 127 Å². The highest BCUT2D eigenvalue weighted by molar-refractivity contribution is 5.94. The van der Waals surface area contributed by atoms with Gasteiger partial charge in [-0.25, -0.2) is 0 Å². The first-order valence-electron chi connectivity index (χ1n) is 7.41. The summed E-state index contributed by atoms with van der Waals surface area (Å²) in [6, 6.07) is 5.82. The molecule has 6 heteroatoms. The minimum absolute atomic E-state index is 0.00182. The number of nitrogens with zero attached hydrogens (tertiary/aromatic N) is 1. The molecule has 0 radical (unpaired) electrons. The molecule has 6 nitrogen and oxygen atoms in total. The van der Waals surface area contributed by atoms with E-state index in [9.17, 15) is 9.59 Å². The third-order valence-electron chi connectivity index (χ3n) is 4.55. The topological polar surface area (TPSA) is 84.7 Å². The Bertz CT molecular complexity index is 713. The number of rotatable bonds is 1. The van der Waals surface area contributed by atoms with E-state index in [-0.39, 0.29) is 5.91 Å². The molecular weight excluding hydrogens is 282 g/mol. The minimum Gasteiger partial charge on any atom is -0.483 e. The van der Waals surface area contributed by atoms with Crippen LogP contribution in [0.4, 0.5) is 5.69 Å². The fourth-order valence-corrected chi connectivity index (χ4v) is 3.57. The van der Waals surface area contributed by atoms with Gasteiger partial charge < -0.3 is 20.7 Å². The van der Waals surface area contributed by atoms with Crippen LogP contribution in [0.15, 0.2) is 30.0 Å². The lowest BCUT2D eigenvalue weighted by atomic mass is 9.87. The maximum Gasteiger partial charge on any atom is 0.246 e. The Morgan fingerprint density at radius 3 is 3.05 bits per heavy atom. The van der Waals surface area contributed by atoms with E-state index in [1.54, 1.807) is 0 Å². The Hall–Kier alpha value is -2.50. The summed E-state index contributed by atoms with van der Waals surface area (Å²) in [6.07, 6.45) is 3.41. The van der Waals surface area contributed by atoms with Crippen molar-refractivity contribution in [1.29, 1.82) is 0 Å². The molecule has 3 heterocycles. The third kappa shape index (κ3) is 1.94. The van der Waals surface area contributed by atoms with Crippen LogP contribution in [0.3, 0.4) is 0 Å². The van der Waals surface area contributed by atoms with Gasteiger partial charge in [-0.15, -0.1) is 0 Å². The normalized spacial score (nSPS) is 25.9. The molecule has 1 aromatic rings. The van der Waals surface area contributed by atoms with E-state index in [1.807, 2.05) is 29.3 Å². The molecule has 3 aliphatic rings. The molecule has 1 atom stereocenters. The predicted octanol–water partition coefficient (Wildman–Crippen LogP) is 0.459. The summed E-state index contributed by atoms with van der Waals surface area (Å²) in [5.41, 5.74) is 7.53. The molecule has 22 heavy (non-hydrogen) atoms. The molecular formula is C16H17N3O3. The molecule has 1 unspecified atom stereocenters. The third-order valence-corrected chi connectivity index (χ3v) is 4.55. The Morgan fingerprint density at radius 2 is 2.27 bits per heavy atom. The summed E-state index contributed by atoms with van der Waals surface area (Å²) in [7, 11) is 0. The van der Waals surface area contributed by atoms with Crippen molar-refractivity contribution < 1.29 is 14.3 Å². The van der Waals surface area contributed by atoms with Gasteiger partial charge in [0.15, 0.2) is 0 Å². The number of carbonyl (C=O) groups is 2. The number of primary amides is 1. The van der Waals surface area contributed by atoms with Gasteiger partial charge in [0.05, 0.1) is 18.7 Å². The van der Waals surface area contributed by atoms with Crippen LogP contribution in [0.5, 0.6) is 5.75 Å². The van der Waals surface area contributed by atoms with E-state index >= 15 is 0 Å². The van der Waals surface area contributed by atoms with E-state index in [2.05, 4.69) is 5.32 Å². The summed E-state index contributed by atoms with van der Waals surface area (Å²) < 4.78 is 6.23. The van der Waals surface area contributed by atoms with Gasteiger partial charge in [0.1, 0.15) is 11.4 Å². The van der Waals surface area contributed by atoms with Crippen molar-refractivity contribution in [2.45, 2.75) is 24.9 Å². The number of piperidine rings is 1. The van der Waals surface area contributed by atoms with E-state index < -0.39 is 11.5 Å². The van der Waals surface area contributed by atoms with E-state index in [0.717, 1.165) is 23.4 Å². The maximum atomic E-state index is 11.8. The number of carbonyl (C=O) groups excluding carboxylic acids is 2. The second-order valence-corrected chi connectivity index (χ2v) is 6.15. The van der Waals surface area contributed by atoms with Gasteiger partial charge in [0, 0.05) is 31.2 Å². The van der Waals surface area contributed by atoms with Gasteiger partial charge in [0.25, 0.3) is 0 Å². The first-order chi connectivity index (χ1) is 10.6. The molecule has 0 saturated carbocycles. The Balaban J connectivity index is 1.79.